The third-order valence-corrected chi connectivity index (χ3v) is 4.23. The predicted octanol–water partition coefficient (Wildman–Crippen LogP) is 2.57. The Hall–Kier alpha value is -1.84. The van der Waals surface area contributed by atoms with Crippen LogP contribution in [0.3, 0.4) is 0 Å². The van der Waals surface area contributed by atoms with Gasteiger partial charge in [-0.1, -0.05) is 49.6 Å². The number of benzene rings is 1. The van der Waals surface area contributed by atoms with Gasteiger partial charge in [0.25, 0.3) is 0 Å². The van der Waals surface area contributed by atoms with Crippen LogP contribution in [0, 0.1) is 0 Å². The van der Waals surface area contributed by atoms with E-state index in [2.05, 4.69) is 22.8 Å². The third kappa shape index (κ3) is 5.51. The standard InChI is InChI=1S/C18H26N2O2/c1-14(12-13-15-8-4-2-5-9-15)19-17(21)18(22)20-16-10-6-3-7-11-16/h2,4-5,8-9,14,16H,3,6-7,10-13H2,1H3,(H,19,21)(H,20,22)/t14-/m1/s1. The number of hydrogen-bond donors (Lipinski definition) is 2. The van der Waals surface area contributed by atoms with Gasteiger partial charge in [0.15, 0.2) is 0 Å². The fourth-order valence-corrected chi connectivity index (χ4v) is 2.89. The van der Waals surface area contributed by atoms with Crippen LogP contribution in [0.15, 0.2) is 30.3 Å². The highest BCUT2D eigenvalue weighted by Crippen LogP contribution is 2.17. The summed E-state index contributed by atoms with van der Waals surface area (Å²) in [6.45, 7) is 1.94. The molecule has 0 bridgehead atoms. The lowest BCUT2D eigenvalue weighted by atomic mass is 9.95. The zero-order valence-corrected chi connectivity index (χ0v) is 13.3. The average molecular weight is 302 g/mol. The lowest BCUT2D eigenvalue weighted by Crippen LogP contribution is -2.47. The van der Waals surface area contributed by atoms with Crippen molar-refractivity contribution in [2.24, 2.45) is 0 Å². The van der Waals surface area contributed by atoms with Gasteiger partial charge in [0.2, 0.25) is 0 Å². The van der Waals surface area contributed by atoms with Crippen molar-refractivity contribution < 1.29 is 9.59 Å². The number of carbonyl (C=O) groups excluding carboxylic acids is 2. The first-order valence-electron chi connectivity index (χ1n) is 8.30. The van der Waals surface area contributed by atoms with Crippen molar-refractivity contribution in [3.05, 3.63) is 35.9 Å². The lowest BCUT2D eigenvalue weighted by Gasteiger charge is -2.22. The fraction of sp³-hybridized carbons (Fsp3) is 0.556. The highest BCUT2D eigenvalue weighted by atomic mass is 16.2. The fourth-order valence-electron chi connectivity index (χ4n) is 2.89. The summed E-state index contributed by atoms with van der Waals surface area (Å²) in [6.07, 6.45) is 7.21. The molecule has 1 saturated carbocycles. The van der Waals surface area contributed by atoms with E-state index in [1.807, 2.05) is 25.1 Å². The molecule has 0 aromatic heterocycles. The second-order valence-corrected chi connectivity index (χ2v) is 6.21. The van der Waals surface area contributed by atoms with Crippen LogP contribution in [0.2, 0.25) is 0 Å². The van der Waals surface area contributed by atoms with Crippen LogP contribution >= 0.6 is 0 Å². The predicted molar refractivity (Wildman–Crippen MR) is 87.4 cm³/mol. The van der Waals surface area contributed by atoms with E-state index in [-0.39, 0.29) is 12.1 Å². The molecular weight excluding hydrogens is 276 g/mol. The van der Waals surface area contributed by atoms with Crippen LogP contribution in [0.4, 0.5) is 0 Å². The molecule has 0 heterocycles. The highest BCUT2D eigenvalue weighted by molar-refractivity contribution is 6.35. The summed E-state index contributed by atoms with van der Waals surface area (Å²) in [5, 5.41) is 5.64. The zero-order chi connectivity index (χ0) is 15.8. The molecule has 0 saturated heterocycles. The van der Waals surface area contributed by atoms with Crippen LogP contribution in [0.25, 0.3) is 0 Å². The molecule has 1 aromatic carbocycles. The Morgan fingerprint density at radius 1 is 1.09 bits per heavy atom. The average Bonchev–Trinajstić information content (AvgIpc) is 2.55. The summed E-state index contributed by atoms with van der Waals surface area (Å²) < 4.78 is 0. The first-order valence-corrected chi connectivity index (χ1v) is 8.30. The first-order chi connectivity index (χ1) is 10.6. The molecule has 1 aromatic rings. The second kappa shape index (κ2) is 8.57. The largest absolute Gasteiger partial charge is 0.345 e. The summed E-state index contributed by atoms with van der Waals surface area (Å²) >= 11 is 0. The van der Waals surface area contributed by atoms with Crippen LogP contribution in [-0.4, -0.2) is 23.9 Å². The quantitative estimate of drug-likeness (QED) is 0.821. The van der Waals surface area contributed by atoms with Crippen molar-refractivity contribution in [2.45, 2.75) is 64.0 Å². The molecule has 0 unspecified atom stereocenters. The Balaban J connectivity index is 1.69. The topological polar surface area (TPSA) is 58.2 Å². The maximum Gasteiger partial charge on any atom is 0.309 e. The van der Waals surface area contributed by atoms with Gasteiger partial charge >= 0.3 is 11.8 Å². The van der Waals surface area contributed by atoms with Gasteiger partial charge < -0.3 is 10.6 Å². The maximum atomic E-state index is 11.9. The van der Waals surface area contributed by atoms with Gasteiger partial charge in [0, 0.05) is 12.1 Å². The molecule has 2 rings (SSSR count). The Kier molecular flexibility index (Phi) is 6.44. The van der Waals surface area contributed by atoms with Crippen molar-refractivity contribution in [3.8, 4) is 0 Å². The number of hydrogen-bond acceptors (Lipinski definition) is 2. The van der Waals surface area contributed by atoms with Crippen molar-refractivity contribution in [1.82, 2.24) is 10.6 Å². The zero-order valence-electron chi connectivity index (χ0n) is 13.3. The Labute approximate surface area is 132 Å². The molecule has 0 spiro atoms. The van der Waals surface area contributed by atoms with Gasteiger partial charge in [-0.25, -0.2) is 0 Å². The van der Waals surface area contributed by atoms with Crippen LogP contribution < -0.4 is 10.6 Å². The monoisotopic (exact) mass is 302 g/mol. The van der Waals surface area contributed by atoms with Crippen molar-refractivity contribution in [3.63, 3.8) is 0 Å². The Morgan fingerprint density at radius 2 is 1.77 bits per heavy atom. The van der Waals surface area contributed by atoms with E-state index in [9.17, 15) is 9.59 Å². The van der Waals surface area contributed by atoms with E-state index in [1.165, 1.54) is 12.0 Å². The molecule has 0 aliphatic heterocycles. The molecule has 0 radical (unpaired) electrons. The van der Waals surface area contributed by atoms with Gasteiger partial charge in [-0.15, -0.1) is 0 Å². The summed E-state index contributed by atoms with van der Waals surface area (Å²) in [7, 11) is 0. The van der Waals surface area contributed by atoms with Gasteiger partial charge in [-0.2, -0.15) is 0 Å². The highest BCUT2D eigenvalue weighted by Gasteiger charge is 2.21. The molecule has 2 amide bonds. The van der Waals surface area contributed by atoms with Crippen molar-refractivity contribution in [2.75, 3.05) is 0 Å². The third-order valence-electron chi connectivity index (χ3n) is 4.23. The first kappa shape index (κ1) is 16.5. The number of rotatable bonds is 5. The summed E-state index contributed by atoms with van der Waals surface area (Å²) in [4.78, 5) is 23.8. The molecule has 4 heteroatoms. The van der Waals surface area contributed by atoms with E-state index in [1.54, 1.807) is 0 Å². The Bertz CT molecular complexity index is 481. The maximum absolute atomic E-state index is 11.9. The van der Waals surface area contributed by atoms with Crippen molar-refractivity contribution in [1.29, 1.82) is 0 Å². The molecule has 2 N–H and O–H groups in total. The van der Waals surface area contributed by atoms with Gasteiger partial charge in [0.1, 0.15) is 0 Å². The van der Waals surface area contributed by atoms with Crippen LogP contribution in [-0.2, 0) is 16.0 Å². The molecule has 1 fully saturated rings. The number of carbonyl (C=O) groups is 2. The summed E-state index contributed by atoms with van der Waals surface area (Å²) in [5.41, 5.74) is 1.25. The molecule has 1 aliphatic carbocycles. The Morgan fingerprint density at radius 3 is 2.45 bits per heavy atom. The minimum atomic E-state index is -0.508. The molecule has 1 atom stereocenters. The molecule has 22 heavy (non-hydrogen) atoms. The number of nitrogens with one attached hydrogen (secondary N) is 2. The molecule has 4 nitrogen and oxygen atoms in total. The van der Waals surface area contributed by atoms with Gasteiger partial charge in [-0.3, -0.25) is 9.59 Å². The lowest BCUT2D eigenvalue weighted by molar-refractivity contribution is -0.140. The second-order valence-electron chi connectivity index (χ2n) is 6.21. The van der Waals surface area contributed by atoms with E-state index in [0.29, 0.717) is 0 Å². The molecule has 1 aliphatic rings. The minimum absolute atomic E-state index is 0.00943. The molecular formula is C18H26N2O2. The van der Waals surface area contributed by atoms with E-state index in [4.69, 9.17) is 0 Å². The van der Waals surface area contributed by atoms with Gasteiger partial charge in [0.05, 0.1) is 0 Å². The van der Waals surface area contributed by atoms with E-state index in [0.717, 1.165) is 38.5 Å². The number of aryl methyl sites for hydroxylation is 1. The smallest absolute Gasteiger partial charge is 0.309 e. The minimum Gasteiger partial charge on any atom is -0.345 e. The van der Waals surface area contributed by atoms with Crippen LogP contribution in [0.5, 0.6) is 0 Å². The summed E-state index contributed by atoms with van der Waals surface area (Å²) in [6, 6.07) is 10.3. The SMILES string of the molecule is C[C@H](CCc1ccccc1)NC(=O)C(=O)NC1CCCCC1. The van der Waals surface area contributed by atoms with Gasteiger partial charge in [-0.05, 0) is 38.2 Å². The summed E-state index contributed by atoms with van der Waals surface area (Å²) in [5.74, 6) is -0.996. The van der Waals surface area contributed by atoms with E-state index < -0.39 is 11.8 Å². The number of amides is 2. The van der Waals surface area contributed by atoms with Crippen LogP contribution in [0.1, 0.15) is 51.0 Å². The van der Waals surface area contributed by atoms with Crippen molar-refractivity contribution >= 4 is 11.8 Å². The van der Waals surface area contributed by atoms with E-state index >= 15 is 0 Å². The molecule has 120 valence electrons. The normalized spacial score (nSPS) is 16.8.